The van der Waals surface area contributed by atoms with Gasteiger partial charge in [0.2, 0.25) is 0 Å². The van der Waals surface area contributed by atoms with Crippen LogP contribution in [0.15, 0.2) is 24.3 Å². The predicted octanol–water partition coefficient (Wildman–Crippen LogP) is 5.92. The van der Waals surface area contributed by atoms with Crippen molar-refractivity contribution in [2.24, 2.45) is 0 Å². The zero-order valence-electron chi connectivity index (χ0n) is 13.9. The number of rotatable bonds is 7. The van der Waals surface area contributed by atoms with Gasteiger partial charge in [0.25, 0.3) is 0 Å². The van der Waals surface area contributed by atoms with E-state index < -0.39 is 21.6 Å². The van der Waals surface area contributed by atoms with E-state index in [9.17, 15) is 13.2 Å². The highest BCUT2D eigenvalue weighted by molar-refractivity contribution is 6.59. The van der Waals surface area contributed by atoms with E-state index in [2.05, 4.69) is 6.92 Å². The second-order valence-electron chi connectivity index (χ2n) is 6.69. The van der Waals surface area contributed by atoms with Crippen LogP contribution in [-0.2, 0) is 0 Å². The van der Waals surface area contributed by atoms with E-state index in [-0.39, 0.29) is 0 Å². The lowest BCUT2D eigenvalue weighted by molar-refractivity contribution is -0.153. The standard InChI is InChI=1S/C18H27F3OSi/c1-2-3-4-11-23-12-9-16(10-13-23)15-5-7-17(8-6-15)22-14-18(19,20)21/h5-8,16,23H,2-4,9-14H2,1H3. The zero-order valence-corrected chi connectivity index (χ0v) is 15.0. The molecule has 0 radical (unpaired) electrons. The van der Waals surface area contributed by atoms with E-state index >= 15 is 0 Å². The molecule has 0 spiro atoms. The normalized spacial score (nSPS) is 22.1. The average Bonchev–Trinajstić information content (AvgIpc) is 2.54. The molecule has 5 heteroatoms. The Morgan fingerprint density at radius 3 is 2.30 bits per heavy atom. The van der Waals surface area contributed by atoms with Gasteiger partial charge in [0.15, 0.2) is 6.61 Å². The van der Waals surface area contributed by atoms with Crippen molar-refractivity contribution in [1.82, 2.24) is 0 Å². The first-order chi connectivity index (χ1) is 11.0. The largest absolute Gasteiger partial charge is 0.484 e. The molecule has 0 aromatic heterocycles. The van der Waals surface area contributed by atoms with Crippen molar-refractivity contribution >= 4 is 8.80 Å². The summed E-state index contributed by atoms with van der Waals surface area (Å²) >= 11 is 0. The fourth-order valence-corrected chi connectivity index (χ4v) is 6.95. The smallest absolute Gasteiger partial charge is 0.422 e. The molecule has 0 aliphatic carbocycles. The summed E-state index contributed by atoms with van der Waals surface area (Å²) in [6, 6.07) is 11.6. The molecule has 1 heterocycles. The Kier molecular flexibility index (Phi) is 7.00. The van der Waals surface area contributed by atoms with Gasteiger partial charge in [-0.1, -0.05) is 56.5 Å². The fraction of sp³-hybridized carbons (Fsp3) is 0.667. The third-order valence-corrected chi connectivity index (χ3v) is 8.34. The number of ether oxygens (including phenoxy) is 1. The molecule has 0 unspecified atom stereocenters. The van der Waals surface area contributed by atoms with Crippen molar-refractivity contribution in [3.63, 3.8) is 0 Å². The quantitative estimate of drug-likeness (QED) is 0.440. The van der Waals surface area contributed by atoms with Crippen LogP contribution in [-0.4, -0.2) is 21.6 Å². The van der Waals surface area contributed by atoms with E-state index in [0.29, 0.717) is 11.7 Å². The topological polar surface area (TPSA) is 9.23 Å². The summed E-state index contributed by atoms with van der Waals surface area (Å²) in [5.74, 6) is 0.885. The Labute approximate surface area is 138 Å². The molecular weight excluding hydrogens is 317 g/mol. The molecule has 23 heavy (non-hydrogen) atoms. The van der Waals surface area contributed by atoms with Crippen molar-refractivity contribution < 1.29 is 17.9 Å². The highest BCUT2D eigenvalue weighted by atomic mass is 28.3. The van der Waals surface area contributed by atoms with Crippen molar-refractivity contribution in [3.8, 4) is 5.75 Å². The summed E-state index contributed by atoms with van der Waals surface area (Å²) in [6.07, 6.45) is 2.30. The summed E-state index contributed by atoms with van der Waals surface area (Å²) in [6.45, 7) is 1.03. The van der Waals surface area contributed by atoms with Gasteiger partial charge in [-0.25, -0.2) is 0 Å². The molecule has 0 saturated carbocycles. The SMILES string of the molecule is CCCCC[SiH]1CCC(c2ccc(OCC(F)(F)F)cc2)CC1. The van der Waals surface area contributed by atoms with E-state index in [4.69, 9.17) is 4.74 Å². The fourth-order valence-electron chi connectivity index (χ4n) is 3.47. The third kappa shape index (κ3) is 6.57. The van der Waals surface area contributed by atoms with Crippen LogP contribution in [0.4, 0.5) is 13.2 Å². The Hall–Kier alpha value is -0.973. The Balaban J connectivity index is 1.77. The molecule has 2 rings (SSSR count). The predicted molar refractivity (Wildman–Crippen MR) is 91.1 cm³/mol. The number of hydrogen-bond acceptors (Lipinski definition) is 1. The van der Waals surface area contributed by atoms with Gasteiger partial charge in [-0.15, -0.1) is 0 Å². The molecule has 1 aliphatic rings. The monoisotopic (exact) mass is 344 g/mol. The van der Waals surface area contributed by atoms with Gasteiger partial charge < -0.3 is 4.74 Å². The van der Waals surface area contributed by atoms with Gasteiger partial charge in [-0.3, -0.25) is 0 Å². The summed E-state index contributed by atoms with van der Waals surface area (Å²) < 4.78 is 41.2. The number of hydrogen-bond donors (Lipinski definition) is 0. The summed E-state index contributed by atoms with van der Waals surface area (Å²) in [5, 5.41) is 0. The number of alkyl halides is 3. The van der Waals surface area contributed by atoms with Crippen LogP contribution in [0.1, 0.15) is 50.5 Å². The number of unbranched alkanes of at least 4 members (excludes halogenated alkanes) is 2. The van der Waals surface area contributed by atoms with Crippen molar-refractivity contribution in [2.45, 2.75) is 69.3 Å². The molecule has 1 aromatic rings. The molecule has 0 bridgehead atoms. The second kappa shape index (κ2) is 8.76. The Bertz CT molecular complexity index is 450. The average molecular weight is 344 g/mol. The minimum Gasteiger partial charge on any atom is -0.484 e. The van der Waals surface area contributed by atoms with Gasteiger partial charge in [0.05, 0.1) is 0 Å². The van der Waals surface area contributed by atoms with Crippen LogP contribution in [0.3, 0.4) is 0 Å². The molecule has 1 nitrogen and oxygen atoms in total. The Morgan fingerprint density at radius 1 is 1.09 bits per heavy atom. The lowest BCUT2D eigenvalue weighted by Gasteiger charge is -2.28. The van der Waals surface area contributed by atoms with Crippen molar-refractivity contribution in [3.05, 3.63) is 29.8 Å². The minimum absolute atomic E-state index is 0.300. The summed E-state index contributed by atoms with van der Waals surface area (Å²) in [7, 11) is -0.510. The van der Waals surface area contributed by atoms with Crippen LogP contribution in [0.25, 0.3) is 0 Å². The molecule has 1 aromatic carbocycles. The molecule has 0 atom stereocenters. The summed E-state index contributed by atoms with van der Waals surface area (Å²) in [5.41, 5.74) is 1.25. The number of benzene rings is 1. The van der Waals surface area contributed by atoms with Crippen LogP contribution >= 0.6 is 0 Å². The van der Waals surface area contributed by atoms with E-state index in [1.165, 1.54) is 55.8 Å². The maximum Gasteiger partial charge on any atom is 0.422 e. The maximum atomic E-state index is 12.1. The van der Waals surface area contributed by atoms with E-state index in [0.717, 1.165) is 0 Å². The van der Waals surface area contributed by atoms with E-state index in [1.807, 2.05) is 12.1 Å². The highest BCUT2D eigenvalue weighted by Gasteiger charge is 2.28. The first kappa shape index (κ1) is 18.4. The third-order valence-electron chi connectivity index (χ3n) is 4.82. The van der Waals surface area contributed by atoms with E-state index in [1.54, 1.807) is 12.1 Å². The molecule has 0 N–H and O–H groups in total. The van der Waals surface area contributed by atoms with Crippen LogP contribution in [0.5, 0.6) is 5.75 Å². The maximum absolute atomic E-state index is 12.1. The van der Waals surface area contributed by atoms with Gasteiger partial charge >= 0.3 is 6.18 Å². The Morgan fingerprint density at radius 2 is 1.74 bits per heavy atom. The first-order valence-corrected chi connectivity index (χ1v) is 11.2. The molecule has 1 fully saturated rings. The summed E-state index contributed by atoms with van der Waals surface area (Å²) in [4.78, 5) is 0. The second-order valence-corrected chi connectivity index (χ2v) is 10.2. The molecule has 1 aliphatic heterocycles. The zero-order chi connectivity index (χ0) is 16.7. The van der Waals surface area contributed by atoms with Gasteiger partial charge in [-0.05, 0) is 36.5 Å². The molecule has 1 saturated heterocycles. The first-order valence-electron chi connectivity index (χ1n) is 8.77. The van der Waals surface area contributed by atoms with Crippen LogP contribution < -0.4 is 4.74 Å². The minimum atomic E-state index is -4.28. The lowest BCUT2D eigenvalue weighted by Crippen LogP contribution is -2.20. The van der Waals surface area contributed by atoms with Gasteiger partial charge in [0.1, 0.15) is 5.75 Å². The highest BCUT2D eigenvalue weighted by Crippen LogP contribution is 2.35. The van der Waals surface area contributed by atoms with Crippen molar-refractivity contribution in [1.29, 1.82) is 0 Å². The molecular formula is C18H27F3OSi. The lowest BCUT2D eigenvalue weighted by atomic mass is 9.93. The van der Waals surface area contributed by atoms with Gasteiger partial charge in [0, 0.05) is 8.80 Å². The van der Waals surface area contributed by atoms with Crippen LogP contribution in [0.2, 0.25) is 18.1 Å². The van der Waals surface area contributed by atoms with Crippen LogP contribution in [0, 0.1) is 0 Å². The van der Waals surface area contributed by atoms with Crippen molar-refractivity contribution in [2.75, 3.05) is 6.61 Å². The number of halogens is 3. The van der Waals surface area contributed by atoms with Gasteiger partial charge in [-0.2, -0.15) is 13.2 Å². The molecule has 130 valence electrons. The molecule has 0 amide bonds.